The van der Waals surface area contributed by atoms with Crippen molar-refractivity contribution in [3.05, 3.63) is 80.7 Å². The highest BCUT2D eigenvalue weighted by Gasteiger charge is 2.16. The molecule has 0 saturated heterocycles. The average Bonchev–Trinajstić information content (AvgIpc) is 3.13. The molecule has 1 aromatic carbocycles. The number of anilines is 1. The molecule has 0 saturated carbocycles. The zero-order valence-corrected chi connectivity index (χ0v) is 16.5. The largest absolute Gasteiger partial charge is 0.298 e. The maximum atomic E-state index is 12.6. The van der Waals surface area contributed by atoms with Crippen LogP contribution in [0.3, 0.4) is 0 Å². The van der Waals surface area contributed by atoms with E-state index in [1.165, 1.54) is 33.1 Å². The van der Waals surface area contributed by atoms with E-state index in [1.807, 2.05) is 12.3 Å². The minimum absolute atomic E-state index is 0.0252. The standard InChI is InChI=1S/C21H18N4O2S/c1-12-8-14(3)15(9-13(12)2)17-11-28-21(23-17)24-19(26)16-10-22-18-6-4-5-7-25(18)20(16)27/h4-11H,1-3H3,(H,23,24,26). The number of aryl methyl sites for hydroxylation is 3. The summed E-state index contributed by atoms with van der Waals surface area (Å²) in [5, 5.41) is 5.06. The van der Waals surface area contributed by atoms with Gasteiger partial charge in [0.15, 0.2) is 5.13 Å². The molecular weight excluding hydrogens is 372 g/mol. The molecule has 3 heterocycles. The smallest absolute Gasteiger partial charge is 0.270 e. The summed E-state index contributed by atoms with van der Waals surface area (Å²) >= 11 is 1.32. The number of fused-ring (bicyclic) bond motifs is 1. The molecule has 6 nitrogen and oxygen atoms in total. The summed E-state index contributed by atoms with van der Waals surface area (Å²) in [6.45, 7) is 6.18. The van der Waals surface area contributed by atoms with Crippen LogP contribution >= 0.6 is 11.3 Å². The Hall–Kier alpha value is -3.32. The third-order valence-electron chi connectivity index (χ3n) is 4.70. The van der Waals surface area contributed by atoms with E-state index in [2.05, 4.69) is 41.3 Å². The summed E-state index contributed by atoms with van der Waals surface area (Å²) in [6, 6.07) is 9.45. The third kappa shape index (κ3) is 3.20. The lowest BCUT2D eigenvalue weighted by Crippen LogP contribution is -2.26. The van der Waals surface area contributed by atoms with Crippen LogP contribution in [0.25, 0.3) is 16.9 Å². The average molecular weight is 390 g/mol. The fraction of sp³-hybridized carbons (Fsp3) is 0.143. The fourth-order valence-corrected chi connectivity index (χ4v) is 3.74. The van der Waals surface area contributed by atoms with Crippen molar-refractivity contribution < 1.29 is 4.79 Å². The van der Waals surface area contributed by atoms with Gasteiger partial charge < -0.3 is 0 Å². The zero-order chi connectivity index (χ0) is 19.8. The second kappa shape index (κ2) is 7.01. The van der Waals surface area contributed by atoms with Crippen LogP contribution in [0.2, 0.25) is 0 Å². The highest BCUT2D eigenvalue weighted by atomic mass is 32.1. The van der Waals surface area contributed by atoms with Crippen LogP contribution in [-0.2, 0) is 0 Å². The number of hydrogen-bond donors (Lipinski definition) is 1. The lowest BCUT2D eigenvalue weighted by molar-refractivity contribution is 0.102. The number of carbonyl (C=O) groups excluding carboxylic acids is 1. The number of carbonyl (C=O) groups is 1. The van der Waals surface area contributed by atoms with Gasteiger partial charge in [0.1, 0.15) is 11.2 Å². The summed E-state index contributed by atoms with van der Waals surface area (Å²) in [6.07, 6.45) is 2.89. The summed E-state index contributed by atoms with van der Waals surface area (Å²) in [7, 11) is 0. The molecule has 140 valence electrons. The number of thiazole rings is 1. The van der Waals surface area contributed by atoms with Gasteiger partial charge in [-0.05, 0) is 55.7 Å². The molecule has 0 spiro atoms. The van der Waals surface area contributed by atoms with E-state index < -0.39 is 11.5 Å². The van der Waals surface area contributed by atoms with Crippen molar-refractivity contribution >= 4 is 28.0 Å². The molecule has 0 aliphatic heterocycles. The molecule has 4 rings (SSSR count). The van der Waals surface area contributed by atoms with Crippen molar-refractivity contribution in [3.63, 3.8) is 0 Å². The second-order valence-electron chi connectivity index (χ2n) is 6.65. The first-order valence-electron chi connectivity index (χ1n) is 8.75. The first-order valence-corrected chi connectivity index (χ1v) is 9.63. The Balaban J connectivity index is 1.63. The quantitative estimate of drug-likeness (QED) is 0.574. The molecule has 3 aromatic heterocycles. The van der Waals surface area contributed by atoms with Crippen molar-refractivity contribution in [2.75, 3.05) is 5.32 Å². The molecule has 0 fully saturated rings. The SMILES string of the molecule is Cc1cc(C)c(-c2csc(NC(=O)c3cnc4ccccn4c3=O)n2)cc1C. The minimum Gasteiger partial charge on any atom is -0.298 e. The van der Waals surface area contributed by atoms with E-state index in [0.717, 1.165) is 16.8 Å². The Morgan fingerprint density at radius 3 is 2.71 bits per heavy atom. The summed E-state index contributed by atoms with van der Waals surface area (Å²) < 4.78 is 1.35. The predicted molar refractivity (Wildman–Crippen MR) is 111 cm³/mol. The highest BCUT2D eigenvalue weighted by Crippen LogP contribution is 2.29. The Labute approximate surface area is 165 Å². The molecule has 0 radical (unpaired) electrons. The van der Waals surface area contributed by atoms with Crippen molar-refractivity contribution in [2.45, 2.75) is 20.8 Å². The topological polar surface area (TPSA) is 76.4 Å². The molecule has 0 atom stereocenters. The maximum absolute atomic E-state index is 12.6. The van der Waals surface area contributed by atoms with Crippen LogP contribution in [0.1, 0.15) is 27.0 Å². The first-order chi connectivity index (χ1) is 13.4. The van der Waals surface area contributed by atoms with E-state index in [9.17, 15) is 9.59 Å². The summed E-state index contributed by atoms with van der Waals surface area (Å²) in [4.78, 5) is 33.8. The Bertz CT molecular complexity index is 1270. The molecule has 0 aliphatic carbocycles. The number of nitrogens with zero attached hydrogens (tertiary/aromatic N) is 3. The van der Waals surface area contributed by atoms with Gasteiger partial charge in [-0.3, -0.25) is 19.3 Å². The van der Waals surface area contributed by atoms with Gasteiger partial charge in [-0.2, -0.15) is 0 Å². The zero-order valence-electron chi connectivity index (χ0n) is 15.7. The van der Waals surface area contributed by atoms with Crippen LogP contribution in [0.5, 0.6) is 0 Å². The highest BCUT2D eigenvalue weighted by molar-refractivity contribution is 7.14. The third-order valence-corrected chi connectivity index (χ3v) is 5.46. The minimum atomic E-state index is -0.520. The number of pyridine rings is 1. The molecule has 28 heavy (non-hydrogen) atoms. The number of aromatic nitrogens is 3. The Morgan fingerprint density at radius 1 is 1.11 bits per heavy atom. The van der Waals surface area contributed by atoms with Crippen LogP contribution in [0.15, 0.2) is 52.9 Å². The van der Waals surface area contributed by atoms with Crippen molar-refractivity contribution in [1.29, 1.82) is 0 Å². The van der Waals surface area contributed by atoms with Crippen LogP contribution < -0.4 is 10.9 Å². The molecule has 0 aliphatic rings. The second-order valence-corrected chi connectivity index (χ2v) is 7.51. The van der Waals surface area contributed by atoms with Gasteiger partial charge in [0.2, 0.25) is 0 Å². The predicted octanol–water partition coefficient (Wildman–Crippen LogP) is 4.00. The number of hydrogen-bond acceptors (Lipinski definition) is 5. The number of nitrogens with one attached hydrogen (secondary N) is 1. The first kappa shape index (κ1) is 18.1. The lowest BCUT2D eigenvalue weighted by Gasteiger charge is -2.07. The van der Waals surface area contributed by atoms with E-state index in [0.29, 0.717) is 10.8 Å². The van der Waals surface area contributed by atoms with E-state index in [-0.39, 0.29) is 5.56 Å². The van der Waals surface area contributed by atoms with Gasteiger partial charge in [0.25, 0.3) is 11.5 Å². The van der Waals surface area contributed by atoms with Crippen LogP contribution in [-0.4, -0.2) is 20.3 Å². The number of benzene rings is 1. The van der Waals surface area contributed by atoms with Crippen LogP contribution in [0, 0.1) is 20.8 Å². The number of amides is 1. The van der Waals surface area contributed by atoms with Crippen molar-refractivity contribution in [1.82, 2.24) is 14.4 Å². The maximum Gasteiger partial charge on any atom is 0.270 e. The monoisotopic (exact) mass is 390 g/mol. The van der Waals surface area contributed by atoms with Crippen LogP contribution in [0.4, 0.5) is 5.13 Å². The molecular formula is C21H18N4O2S. The molecule has 7 heteroatoms. The number of rotatable bonds is 3. The molecule has 1 N–H and O–H groups in total. The van der Waals surface area contributed by atoms with Crippen molar-refractivity contribution in [3.8, 4) is 11.3 Å². The normalized spacial score (nSPS) is 11.0. The van der Waals surface area contributed by atoms with Gasteiger partial charge in [0.05, 0.1) is 5.69 Å². The summed E-state index contributed by atoms with van der Waals surface area (Å²) in [5.74, 6) is -0.520. The molecule has 0 bridgehead atoms. The lowest BCUT2D eigenvalue weighted by atomic mass is 9.99. The van der Waals surface area contributed by atoms with Gasteiger partial charge in [0, 0.05) is 23.3 Å². The van der Waals surface area contributed by atoms with E-state index >= 15 is 0 Å². The van der Waals surface area contributed by atoms with E-state index in [4.69, 9.17) is 0 Å². The summed E-state index contributed by atoms with van der Waals surface area (Å²) in [5.41, 5.74) is 5.44. The molecule has 1 amide bonds. The molecule has 0 unspecified atom stereocenters. The Kier molecular flexibility index (Phi) is 4.52. The van der Waals surface area contributed by atoms with Gasteiger partial charge in [-0.15, -0.1) is 11.3 Å². The van der Waals surface area contributed by atoms with E-state index in [1.54, 1.807) is 24.4 Å². The van der Waals surface area contributed by atoms with Gasteiger partial charge >= 0.3 is 0 Å². The fourth-order valence-electron chi connectivity index (χ4n) is 3.04. The van der Waals surface area contributed by atoms with Gasteiger partial charge in [-0.1, -0.05) is 12.1 Å². The molecule has 4 aromatic rings. The van der Waals surface area contributed by atoms with Crippen molar-refractivity contribution in [2.24, 2.45) is 0 Å². The Morgan fingerprint density at radius 2 is 1.89 bits per heavy atom. The van der Waals surface area contributed by atoms with Gasteiger partial charge in [-0.25, -0.2) is 9.97 Å².